The highest BCUT2D eigenvalue weighted by Crippen LogP contribution is 2.40. The average Bonchev–Trinajstić information content (AvgIpc) is 3.16. The van der Waals surface area contributed by atoms with E-state index >= 15 is 0 Å². The summed E-state index contributed by atoms with van der Waals surface area (Å²) in [5.74, 6) is 1.11. The van der Waals surface area contributed by atoms with Crippen molar-refractivity contribution < 1.29 is 4.42 Å². The van der Waals surface area contributed by atoms with E-state index in [1.807, 2.05) is 30.0 Å². The second-order valence-corrected chi connectivity index (χ2v) is 7.04. The maximum Gasteiger partial charge on any atom is 0.258 e. The summed E-state index contributed by atoms with van der Waals surface area (Å²) in [4.78, 5) is 0.985. The largest absolute Gasteiger partial charge is 0.415 e. The standard InChI is InChI=1S/C11H9N3OS4/c1-16-10-7(11(17-2)19-14-10)9-13-12-8(15-9)6-4-3-5-18-6/h3-5H,1-2H3. The van der Waals surface area contributed by atoms with Crippen molar-refractivity contribution in [2.45, 2.75) is 9.24 Å². The highest BCUT2D eigenvalue weighted by atomic mass is 32.2. The summed E-state index contributed by atoms with van der Waals surface area (Å²) in [6.45, 7) is 0. The molecule has 0 aliphatic carbocycles. The van der Waals surface area contributed by atoms with Crippen molar-refractivity contribution in [3.8, 4) is 22.2 Å². The van der Waals surface area contributed by atoms with Gasteiger partial charge in [-0.1, -0.05) is 6.07 Å². The summed E-state index contributed by atoms with van der Waals surface area (Å²) in [7, 11) is 0. The highest BCUT2D eigenvalue weighted by molar-refractivity contribution is 8.01. The van der Waals surface area contributed by atoms with Gasteiger partial charge in [-0.15, -0.1) is 45.1 Å². The smallest absolute Gasteiger partial charge is 0.258 e. The first-order chi connectivity index (χ1) is 9.33. The molecule has 0 N–H and O–H groups in total. The van der Waals surface area contributed by atoms with Crippen LogP contribution in [-0.4, -0.2) is 27.1 Å². The monoisotopic (exact) mass is 327 g/mol. The minimum Gasteiger partial charge on any atom is -0.415 e. The van der Waals surface area contributed by atoms with Crippen LogP contribution in [0.25, 0.3) is 22.2 Å². The predicted molar refractivity (Wildman–Crippen MR) is 82.3 cm³/mol. The number of thioether (sulfide) groups is 2. The normalized spacial score (nSPS) is 11.1. The van der Waals surface area contributed by atoms with Crippen LogP contribution >= 0.6 is 46.4 Å². The summed E-state index contributed by atoms with van der Waals surface area (Å²) < 4.78 is 11.3. The van der Waals surface area contributed by atoms with E-state index in [0.717, 1.165) is 19.7 Å². The molecule has 0 atom stereocenters. The molecule has 0 aliphatic heterocycles. The minimum absolute atomic E-state index is 0.547. The molecule has 0 saturated carbocycles. The molecule has 8 heteroatoms. The first-order valence-electron chi connectivity index (χ1n) is 5.29. The van der Waals surface area contributed by atoms with Crippen molar-refractivity contribution >= 4 is 46.4 Å². The van der Waals surface area contributed by atoms with Gasteiger partial charge in [-0.3, -0.25) is 0 Å². The second-order valence-electron chi connectivity index (χ2n) is 3.45. The van der Waals surface area contributed by atoms with Gasteiger partial charge < -0.3 is 4.42 Å². The molecule has 4 nitrogen and oxygen atoms in total. The Balaban J connectivity index is 2.05. The molecule has 0 amide bonds. The molecule has 3 rings (SSSR count). The molecule has 0 fully saturated rings. The van der Waals surface area contributed by atoms with Crippen molar-refractivity contribution in [1.82, 2.24) is 14.6 Å². The Labute approximate surface area is 126 Å². The van der Waals surface area contributed by atoms with Crippen LogP contribution in [0.2, 0.25) is 0 Å². The minimum atomic E-state index is 0.547. The van der Waals surface area contributed by atoms with E-state index in [4.69, 9.17) is 4.42 Å². The lowest BCUT2D eigenvalue weighted by molar-refractivity contribution is 0.583. The Morgan fingerprint density at radius 3 is 2.68 bits per heavy atom. The SMILES string of the molecule is CSc1nsc(SC)c1-c1nnc(-c2cccs2)o1. The van der Waals surface area contributed by atoms with Crippen molar-refractivity contribution in [3.63, 3.8) is 0 Å². The van der Waals surface area contributed by atoms with Gasteiger partial charge in [0.1, 0.15) is 5.03 Å². The fourth-order valence-corrected chi connectivity index (χ4v) is 4.45. The molecule has 19 heavy (non-hydrogen) atoms. The maximum absolute atomic E-state index is 5.79. The average molecular weight is 327 g/mol. The van der Waals surface area contributed by atoms with Crippen LogP contribution in [0.4, 0.5) is 0 Å². The zero-order chi connectivity index (χ0) is 13.2. The lowest BCUT2D eigenvalue weighted by atomic mass is 10.4. The first kappa shape index (κ1) is 13.2. The van der Waals surface area contributed by atoms with Gasteiger partial charge in [-0.2, -0.15) is 4.37 Å². The Bertz CT molecular complexity index is 652. The molecule has 0 saturated heterocycles. The van der Waals surface area contributed by atoms with Gasteiger partial charge in [0.2, 0.25) is 0 Å². The van der Waals surface area contributed by atoms with Crippen molar-refractivity contribution in [2.24, 2.45) is 0 Å². The molecule has 0 unspecified atom stereocenters. The topological polar surface area (TPSA) is 51.8 Å². The molecule has 3 heterocycles. The van der Waals surface area contributed by atoms with Crippen LogP contribution in [0.1, 0.15) is 0 Å². The summed E-state index contributed by atoms with van der Waals surface area (Å²) in [6, 6.07) is 3.94. The van der Waals surface area contributed by atoms with E-state index in [1.165, 1.54) is 11.5 Å². The molecular formula is C11H9N3OS4. The Kier molecular flexibility index (Phi) is 3.92. The van der Waals surface area contributed by atoms with Gasteiger partial charge in [-0.25, -0.2) is 0 Å². The lowest BCUT2D eigenvalue weighted by Gasteiger charge is -1.96. The van der Waals surface area contributed by atoms with E-state index in [1.54, 1.807) is 34.9 Å². The summed E-state index contributed by atoms with van der Waals surface area (Å²) in [5.41, 5.74) is 0.959. The van der Waals surface area contributed by atoms with Gasteiger partial charge in [0, 0.05) is 0 Å². The van der Waals surface area contributed by atoms with Crippen LogP contribution in [0, 0.1) is 0 Å². The van der Waals surface area contributed by atoms with E-state index in [0.29, 0.717) is 11.8 Å². The fraction of sp³-hybridized carbons (Fsp3) is 0.182. The van der Waals surface area contributed by atoms with Crippen molar-refractivity contribution in [3.05, 3.63) is 17.5 Å². The van der Waals surface area contributed by atoms with Crippen molar-refractivity contribution in [1.29, 1.82) is 0 Å². The first-order valence-corrected chi connectivity index (χ1v) is 9.39. The third-order valence-corrected chi connectivity index (χ3v) is 5.98. The van der Waals surface area contributed by atoms with Crippen LogP contribution < -0.4 is 0 Å². The molecule has 3 aromatic rings. The van der Waals surface area contributed by atoms with Gasteiger partial charge in [0.05, 0.1) is 14.6 Å². The molecule has 98 valence electrons. The number of thiophene rings is 1. The molecule has 0 aromatic carbocycles. The highest BCUT2D eigenvalue weighted by Gasteiger charge is 2.21. The molecule has 0 spiro atoms. The summed E-state index contributed by atoms with van der Waals surface area (Å²) in [6.07, 6.45) is 4.02. The third-order valence-electron chi connectivity index (χ3n) is 2.38. The maximum atomic E-state index is 5.79. The van der Waals surface area contributed by atoms with Crippen LogP contribution in [0.15, 0.2) is 31.2 Å². The Hall–Kier alpha value is -0.830. The van der Waals surface area contributed by atoms with E-state index in [-0.39, 0.29) is 0 Å². The Morgan fingerprint density at radius 2 is 2.00 bits per heavy atom. The van der Waals surface area contributed by atoms with Crippen molar-refractivity contribution in [2.75, 3.05) is 12.5 Å². The summed E-state index contributed by atoms with van der Waals surface area (Å²) in [5, 5.41) is 11.2. The van der Waals surface area contributed by atoms with Crippen LogP contribution in [0.5, 0.6) is 0 Å². The van der Waals surface area contributed by atoms with E-state index < -0.39 is 0 Å². The zero-order valence-electron chi connectivity index (χ0n) is 10.1. The molecule has 0 bridgehead atoms. The third kappa shape index (κ3) is 2.45. The predicted octanol–water partition coefficient (Wildman–Crippen LogP) is 4.37. The number of hydrogen-bond acceptors (Lipinski definition) is 8. The fourth-order valence-electron chi connectivity index (χ4n) is 1.54. The quantitative estimate of drug-likeness (QED) is 0.663. The van der Waals surface area contributed by atoms with Gasteiger partial charge in [0.15, 0.2) is 0 Å². The van der Waals surface area contributed by atoms with E-state index in [2.05, 4.69) is 14.6 Å². The molecule has 3 aromatic heterocycles. The molecular weight excluding hydrogens is 318 g/mol. The van der Waals surface area contributed by atoms with Crippen LogP contribution in [0.3, 0.4) is 0 Å². The lowest BCUT2D eigenvalue weighted by Crippen LogP contribution is -1.80. The number of nitrogens with zero attached hydrogens (tertiary/aromatic N) is 3. The van der Waals surface area contributed by atoms with E-state index in [9.17, 15) is 0 Å². The zero-order valence-corrected chi connectivity index (χ0v) is 13.4. The second kappa shape index (κ2) is 5.66. The summed E-state index contributed by atoms with van der Waals surface area (Å²) >= 11 is 6.30. The molecule has 0 aliphatic rings. The van der Waals surface area contributed by atoms with Crippen LogP contribution in [-0.2, 0) is 0 Å². The van der Waals surface area contributed by atoms with Gasteiger partial charge in [-0.05, 0) is 35.5 Å². The number of aromatic nitrogens is 3. The Morgan fingerprint density at radius 1 is 1.16 bits per heavy atom. The number of rotatable bonds is 4. The van der Waals surface area contributed by atoms with Gasteiger partial charge in [0.25, 0.3) is 11.8 Å². The number of hydrogen-bond donors (Lipinski definition) is 0. The van der Waals surface area contributed by atoms with Gasteiger partial charge >= 0.3 is 0 Å². The molecule has 0 radical (unpaired) electrons.